The molecule has 0 radical (unpaired) electrons. The molecule has 0 bridgehead atoms. The monoisotopic (exact) mass is 253 g/mol. The summed E-state index contributed by atoms with van der Waals surface area (Å²) >= 11 is 0. The Balaban J connectivity index is 1.91. The molecule has 94 valence electrons. The Kier molecular flexibility index (Phi) is 2.88. The summed E-state index contributed by atoms with van der Waals surface area (Å²) in [5, 5.41) is 9.04. The maximum Gasteiger partial charge on any atom is 0.145 e. The minimum absolute atomic E-state index is 0.225. The van der Waals surface area contributed by atoms with Gasteiger partial charge in [-0.1, -0.05) is 12.1 Å². The van der Waals surface area contributed by atoms with Crippen LogP contribution in [0.1, 0.15) is 16.8 Å². The van der Waals surface area contributed by atoms with Gasteiger partial charge in [0.15, 0.2) is 0 Å². The van der Waals surface area contributed by atoms with E-state index in [1.807, 2.05) is 18.2 Å². The molecule has 0 amide bonds. The molecule has 3 rings (SSSR count). The normalized spacial score (nSPS) is 13.2. The molecular formula is C15H12FN3. The van der Waals surface area contributed by atoms with Crippen LogP contribution in [0.2, 0.25) is 0 Å². The Bertz CT molecular complexity index is 661. The summed E-state index contributed by atoms with van der Waals surface area (Å²) in [5.74, 6) is -0.225. The minimum atomic E-state index is -0.225. The third kappa shape index (κ3) is 2.15. The number of benzene rings is 1. The van der Waals surface area contributed by atoms with Crippen molar-refractivity contribution < 1.29 is 4.39 Å². The molecule has 0 spiro atoms. The maximum absolute atomic E-state index is 13.3. The van der Waals surface area contributed by atoms with Crippen LogP contribution in [0.4, 0.5) is 10.1 Å². The summed E-state index contributed by atoms with van der Waals surface area (Å²) in [7, 11) is 0. The van der Waals surface area contributed by atoms with Crippen LogP contribution in [-0.4, -0.2) is 11.5 Å². The fraction of sp³-hybridized carbons (Fsp3) is 0.200. The van der Waals surface area contributed by atoms with Crippen molar-refractivity contribution in [2.24, 2.45) is 0 Å². The van der Waals surface area contributed by atoms with Crippen molar-refractivity contribution in [1.82, 2.24) is 4.98 Å². The smallest absolute Gasteiger partial charge is 0.145 e. The number of hydrogen-bond acceptors (Lipinski definition) is 3. The summed E-state index contributed by atoms with van der Waals surface area (Å²) in [4.78, 5) is 6.14. The molecule has 0 fully saturated rings. The Hall–Kier alpha value is -2.41. The highest BCUT2D eigenvalue weighted by Crippen LogP contribution is 2.30. The summed E-state index contributed by atoms with van der Waals surface area (Å²) in [5.41, 5.74) is 3.39. The second-order valence-electron chi connectivity index (χ2n) is 4.57. The Morgan fingerprint density at radius 3 is 3.11 bits per heavy atom. The number of pyridine rings is 1. The van der Waals surface area contributed by atoms with Gasteiger partial charge < -0.3 is 4.90 Å². The van der Waals surface area contributed by atoms with E-state index in [0.717, 1.165) is 29.8 Å². The topological polar surface area (TPSA) is 39.9 Å². The molecule has 0 saturated heterocycles. The van der Waals surface area contributed by atoms with Gasteiger partial charge in [-0.15, -0.1) is 0 Å². The van der Waals surface area contributed by atoms with Crippen LogP contribution in [0.15, 0.2) is 36.5 Å². The van der Waals surface area contributed by atoms with E-state index in [1.165, 1.54) is 6.07 Å². The number of nitrogens with zero attached hydrogens (tertiary/aromatic N) is 3. The SMILES string of the molecule is N#Cc1ncccc1CN1CCc2ccc(F)cc21. The number of rotatable bonds is 2. The molecule has 0 aliphatic carbocycles. The molecule has 1 aromatic heterocycles. The van der Waals surface area contributed by atoms with Gasteiger partial charge >= 0.3 is 0 Å². The zero-order valence-corrected chi connectivity index (χ0v) is 10.3. The standard InChI is InChI=1S/C15H12FN3/c16-13-4-3-11-5-7-19(15(11)8-13)10-12-2-1-6-18-14(12)9-17/h1-4,6,8H,5,7,10H2. The Morgan fingerprint density at radius 1 is 1.37 bits per heavy atom. The Labute approximate surface area is 110 Å². The molecule has 0 atom stereocenters. The van der Waals surface area contributed by atoms with E-state index < -0.39 is 0 Å². The number of halogens is 1. The van der Waals surface area contributed by atoms with Gasteiger partial charge in [-0.2, -0.15) is 5.26 Å². The van der Waals surface area contributed by atoms with E-state index in [-0.39, 0.29) is 5.82 Å². The van der Waals surface area contributed by atoms with Gasteiger partial charge in [0.05, 0.1) is 0 Å². The lowest BCUT2D eigenvalue weighted by atomic mass is 10.1. The fourth-order valence-corrected chi connectivity index (χ4v) is 2.46. The highest BCUT2D eigenvalue weighted by molar-refractivity contribution is 5.58. The van der Waals surface area contributed by atoms with Crippen molar-refractivity contribution in [1.29, 1.82) is 5.26 Å². The number of aromatic nitrogens is 1. The van der Waals surface area contributed by atoms with E-state index in [9.17, 15) is 4.39 Å². The lowest BCUT2D eigenvalue weighted by Gasteiger charge is -2.19. The van der Waals surface area contributed by atoms with E-state index >= 15 is 0 Å². The van der Waals surface area contributed by atoms with Crippen molar-refractivity contribution >= 4 is 5.69 Å². The lowest BCUT2D eigenvalue weighted by molar-refractivity contribution is 0.627. The summed E-state index contributed by atoms with van der Waals surface area (Å²) in [6.07, 6.45) is 2.53. The van der Waals surface area contributed by atoms with Crippen LogP contribution >= 0.6 is 0 Å². The van der Waals surface area contributed by atoms with Crippen molar-refractivity contribution in [3.63, 3.8) is 0 Å². The molecular weight excluding hydrogens is 241 g/mol. The fourth-order valence-electron chi connectivity index (χ4n) is 2.46. The predicted octanol–water partition coefficient (Wildman–Crippen LogP) is 2.66. The summed E-state index contributed by atoms with van der Waals surface area (Å²) in [6.45, 7) is 1.44. The third-order valence-electron chi connectivity index (χ3n) is 3.40. The highest BCUT2D eigenvalue weighted by Gasteiger charge is 2.20. The van der Waals surface area contributed by atoms with Gasteiger partial charge in [0.25, 0.3) is 0 Å². The molecule has 1 aromatic carbocycles. The van der Waals surface area contributed by atoms with Crippen LogP contribution in [-0.2, 0) is 13.0 Å². The molecule has 1 aliphatic rings. The molecule has 3 nitrogen and oxygen atoms in total. The first-order valence-corrected chi connectivity index (χ1v) is 6.15. The lowest BCUT2D eigenvalue weighted by Crippen LogP contribution is -2.20. The molecule has 19 heavy (non-hydrogen) atoms. The maximum atomic E-state index is 13.3. The van der Waals surface area contributed by atoms with Gasteiger partial charge in [-0.05, 0) is 30.2 Å². The first-order valence-electron chi connectivity index (χ1n) is 6.15. The summed E-state index contributed by atoms with van der Waals surface area (Å²) in [6, 6.07) is 10.7. The van der Waals surface area contributed by atoms with Crippen molar-refractivity contribution in [3.8, 4) is 6.07 Å². The molecule has 0 unspecified atom stereocenters. The quantitative estimate of drug-likeness (QED) is 0.826. The summed E-state index contributed by atoms with van der Waals surface area (Å²) < 4.78 is 13.3. The van der Waals surface area contributed by atoms with Gasteiger partial charge in [0.2, 0.25) is 0 Å². The first-order chi connectivity index (χ1) is 9.28. The van der Waals surface area contributed by atoms with Crippen LogP contribution in [0.3, 0.4) is 0 Å². The number of fused-ring (bicyclic) bond motifs is 1. The zero-order valence-electron chi connectivity index (χ0n) is 10.3. The molecule has 2 aromatic rings. The molecule has 1 aliphatic heterocycles. The number of anilines is 1. The number of hydrogen-bond donors (Lipinski definition) is 0. The molecule has 2 heterocycles. The molecule has 4 heteroatoms. The van der Waals surface area contributed by atoms with E-state index in [0.29, 0.717) is 12.2 Å². The Morgan fingerprint density at radius 2 is 2.26 bits per heavy atom. The van der Waals surface area contributed by atoms with Crippen molar-refractivity contribution in [2.75, 3.05) is 11.4 Å². The predicted molar refractivity (Wildman–Crippen MR) is 70.1 cm³/mol. The van der Waals surface area contributed by atoms with Gasteiger partial charge in [-0.3, -0.25) is 0 Å². The van der Waals surface area contributed by atoms with Gasteiger partial charge in [0, 0.05) is 30.5 Å². The first kappa shape index (κ1) is 11.7. The third-order valence-corrected chi connectivity index (χ3v) is 3.40. The van der Waals surface area contributed by atoms with Crippen molar-refractivity contribution in [2.45, 2.75) is 13.0 Å². The van der Waals surface area contributed by atoms with Crippen LogP contribution in [0.25, 0.3) is 0 Å². The average molecular weight is 253 g/mol. The second-order valence-corrected chi connectivity index (χ2v) is 4.57. The number of nitriles is 1. The van der Waals surface area contributed by atoms with Gasteiger partial charge in [0.1, 0.15) is 17.6 Å². The van der Waals surface area contributed by atoms with Crippen LogP contribution in [0.5, 0.6) is 0 Å². The van der Waals surface area contributed by atoms with Crippen LogP contribution < -0.4 is 4.90 Å². The minimum Gasteiger partial charge on any atom is -0.366 e. The van der Waals surface area contributed by atoms with Crippen LogP contribution in [0, 0.1) is 17.1 Å². The largest absolute Gasteiger partial charge is 0.366 e. The molecule has 0 saturated carbocycles. The van der Waals surface area contributed by atoms with E-state index in [4.69, 9.17) is 5.26 Å². The van der Waals surface area contributed by atoms with Gasteiger partial charge in [-0.25, -0.2) is 9.37 Å². The average Bonchev–Trinajstić information content (AvgIpc) is 2.82. The zero-order chi connectivity index (χ0) is 13.2. The highest BCUT2D eigenvalue weighted by atomic mass is 19.1. The van der Waals surface area contributed by atoms with Crippen molar-refractivity contribution in [3.05, 3.63) is 59.2 Å². The van der Waals surface area contributed by atoms with E-state index in [1.54, 1.807) is 12.3 Å². The molecule has 0 N–H and O–H groups in total. The van der Waals surface area contributed by atoms with E-state index in [2.05, 4.69) is 16.0 Å². The second kappa shape index (κ2) is 4.69.